The molecule has 2 aliphatic rings. The summed E-state index contributed by atoms with van der Waals surface area (Å²) in [5.74, 6) is 0. The Hall–Kier alpha value is -8.18. The van der Waals surface area contributed by atoms with E-state index in [2.05, 4.69) is 14.5 Å². The van der Waals surface area contributed by atoms with Gasteiger partial charge in [0.1, 0.15) is 12.1 Å². The molecule has 0 amide bonds. The molecule has 3 aromatic carbocycles. The van der Waals surface area contributed by atoms with Gasteiger partial charge in [0.15, 0.2) is 0 Å². The molecule has 12 heteroatoms. The van der Waals surface area contributed by atoms with Crippen LogP contribution in [0.25, 0.3) is 48.1 Å². The van der Waals surface area contributed by atoms with E-state index in [9.17, 15) is 44.7 Å². The molecular formula is C38H12F3N9. The molecule has 0 aliphatic heterocycles. The molecule has 0 atom stereocenters. The van der Waals surface area contributed by atoms with Gasteiger partial charge >= 0.3 is 6.18 Å². The molecule has 0 unspecified atom stereocenters. The normalized spacial score (nSPS) is 14.6. The van der Waals surface area contributed by atoms with Crippen molar-refractivity contribution in [2.24, 2.45) is 0 Å². The molecule has 0 saturated carbocycles. The molecule has 3 aromatic rings. The molecule has 0 spiro atoms. The number of hydrogen-bond acceptors (Lipinski definition) is 6. The van der Waals surface area contributed by atoms with Crippen LogP contribution in [0.5, 0.6) is 0 Å². The molecule has 5 rings (SSSR count). The van der Waals surface area contributed by atoms with Gasteiger partial charge in [0, 0.05) is 22.3 Å². The first-order chi connectivity index (χ1) is 23.9. The molecule has 50 heavy (non-hydrogen) atoms. The third-order valence-electron chi connectivity index (χ3n) is 8.36. The first-order valence-electron chi connectivity index (χ1n) is 14.0. The van der Waals surface area contributed by atoms with Crippen LogP contribution in [0.3, 0.4) is 0 Å². The zero-order chi connectivity index (χ0) is 36.7. The summed E-state index contributed by atoms with van der Waals surface area (Å²) in [6.07, 6.45) is -4.93. The van der Waals surface area contributed by atoms with E-state index in [1.165, 1.54) is 6.07 Å². The highest BCUT2D eigenvalue weighted by atomic mass is 19.4. The van der Waals surface area contributed by atoms with Crippen molar-refractivity contribution in [2.75, 3.05) is 0 Å². The summed E-state index contributed by atoms with van der Waals surface area (Å²) in [5, 5.41) is 61.8. The third kappa shape index (κ3) is 4.63. The van der Waals surface area contributed by atoms with Crippen LogP contribution < -0.4 is 0 Å². The minimum Gasteiger partial charge on any atom is -0.237 e. The second kappa shape index (κ2) is 12.2. The maximum absolute atomic E-state index is 13.7. The summed E-state index contributed by atoms with van der Waals surface area (Å²) < 4.78 is 41.2. The Balaban J connectivity index is 2.09. The molecule has 230 valence electrons. The van der Waals surface area contributed by atoms with E-state index in [0.29, 0.717) is 11.6 Å². The van der Waals surface area contributed by atoms with E-state index in [1.807, 2.05) is 25.1 Å². The van der Waals surface area contributed by atoms with E-state index < -0.39 is 34.3 Å². The van der Waals surface area contributed by atoms with Crippen LogP contribution in [0.2, 0.25) is 0 Å². The number of nitrogens with zero attached hydrogens (tertiary/aromatic N) is 9. The highest BCUT2D eigenvalue weighted by molar-refractivity contribution is 6.31. The number of fused-ring (bicyclic) bond motifs is 2. The van der Waals surface area contributed by atoms with Gasteiger partial charge in [-0.2, -0.15) is 34.2 Å². The fourth-order valence-corrected chi connectivity index (χ4v) is 6.18. The van der Waals surface area contributed by atoms with Crippen molar-refractivity contribution in [1.29, 1.82) is 31.6 Å². The van der Waals surface area contributed by atoms with Gasteiger partial charge in [-0.25, -0.2) is 25.1 Å². The van der Waals surface area contributed by atoms with Crippen LogP contribution in [-0.4, -0.2) is 0 Å². The maximum atomic E-state index is 13.7. The van der Waals surface area contributed by atoms with E-state index in [0.717, 1.165) is 23.3 Å². The maximum Gasteiger partial charge on any atom is 0.417 e. The summed E-state index contributed by atoms with van der Waals surface area (Å²) in [6, 6.07) is 18.3. The summed E-state index contributed by atoms with van der Waals surface area (Å²) in [7, 11) is 0. The van der Waals surface area contributed by atoms with Gasteiger partial charge in [-0.3, -0.25) is 0 Å². The number of hydrogen-bond donors (Lipinski definition) is 0. The highest BCUT2D eigenvalue weighted by Crippen LogP contribution is 2.58. The van der Waals surface area contributed by atoms with Crippen molar-refractivity contribution in [1.82, 2.24) is 0 Å². The Morgan fingerprint density at radius 2 is 1.18 bits per heavy atom. The molecule has 0 aromatic heterocycles. The van der Waals surface area contributed by atoms with Crippen LogP contribution in [0.1, 0.15) is 66.8 Å². The number of alkyl halides is 3. The van der Waals surface area contributed by atoms with E-state index >= 15 is 0 Å². The minimum atomic E-state index is -4.93. The SMILES string of the molecule is [C-]#[N+]C1=C(c2ccc(C)c(C)c2)/C(=C(/C#N)[N+]#[C-])c2c(C#N)c3c(c(C#N)c21)C(C#N)=C(c1ccc(C(F)(F)F)c(C#N)c1)/C3=C(\C#N)[N+]#[C-]. The second-order valence-corrected chi connectivity index (χ2v) is 10.7. The standard InChI is InChI=1S/C38H12F3N9/c1-18-6-7-20(10-19(18)2)30-36(28(17-47)49-4)33-25(15-45)32-31(24(14-44)34(33)37(30)50-5)23(13-43)29(35(32)27(16-46)48-3)21-8-9-26(38(39,40)41)22(11-21)12-42/h6-11H,1-2H3/b35-27-,36-28+. The molecule has 2 aliphatic carbocycles. The fraction of sp³-hybridized carbons (Fsp3) is 0.0789. The van der Waals surface area contributed by atoms with Crippen molar-refractivity contribution >= 4 is 33.6 Å². The Bertz CT molecular complexity index is 2660. The largest absolute Gasteiger partial charge is 0.417 e. The van der Waals surface area contributed by atoms with Crippen molar-refractivity contribution < 1.29 is 13.2 Å². The fourth-order valence-electron chi connectivity index (χ4n) is 6.18. The minimum absolute atomic E-state index is 0.0719. The molecule has 0 saturated heterocycles. The van der Waals surface area contributed by atoms with Crippen molar-refractivity contribution in [3.8, 4) is 36.4 Å². The van der Waals surface area contributed by atoms with Crippen molar-refractivity contribution in [3.63, 3.8) is 0 Å². The van der Waals surface area contributed by atoms with Crippen LogP contribution >= 0.6 is 0 Å². The number of aryl methyl sites for hydroxylation is 2. The lowest BCUT2D eigenvalue weighted by Gasteiger charge is -2.17. The number of benzene rings is 3. The number of allylic oxidation sites excluding steroid dienone is 7. The van der Waals surface area contributed by atoms with E-state index in [4.69, 9.17) is 19.7 Å². The molecular weight excluding hydrogens is 639 g/mol. The predicted octanol–water partition coefficient (Wildman–Crippen LogP) is 8.49. The first kappa shape index (κ1) is 33.2. The lowest BCUT2D eigenvalue weighted by molar-refractivity contribution is -0.137. The predicted molar refractivity (Wildman–Crippen MR) is 172 cm³/mol. The van der Waals surface area contributed by atoms with Crippen molar-refractivity contribution in [3.05, 3.63) is 149 Å². The smallest absolute Gasteiger partial charge is 0.237 e. The number of nitriles is 6. The third-order valence-corrected chi connectivity index (χ3v) is 8.36. The summed E-state index contributed by atoms with van der Waals surface area (Å²) in [4.78, 5) is 10.3. The monoisotopic (exact) mass is 651 g/mol. The van der Waals surface area contributed by atoms with Crippen LogP contribution in [0.15, 0.2) is 47.8 Å². The average Bonchev–Trinajstić information content (AvgIpc) is 3.62. The summed E-state index contributed by atoms with van der Waals surface area (Å²) in [6.45, 7) is 27.4. The van der Waals surface area contributed by atoms with Gasteiger partial charge in [-0.1, -0.05) is 24.3 Å². The van der Waals surface area contributed by atoms with Crippen LogP contribution in [-0.2, 0) is 6.18 Å². The molecule has 0 radical (unpaired) electrons. The first-order valence-corrected chi connectivity index (χ1v) is 14.0. The molecule has 0 N–H and O–H groups in total. The van der Waals surface area contributed by atoms with Gasteiger partial charge in [0.05, 0.1) is 71.8 Å². The Labute approximate surface area is 283 Å². The topological polar surface area (TPSA) is 156 Å². The van der Waals surface area contributed by atoms with Gasteiger partial charge in [-0.15, -0.1) is 0 Å². The second-order valence-electron chi connectivity index (χ2n) is 10.7. The lowest BCUT2D eigenvalue weighted by Crippen LogP contribution is -2.08. The Kier molecular flexibility index (Phi) is 8.10. The molecule has 0 bridgehead atoms. The van der Waals surface area contributed by atoms with Gasteiger partial charge in [-0.05, 0) is 70.5 Å². The Morgan fingerprint density at radius 1 is 0.640 bits per heavy atom. The Morgan fingerprint density at radius 3 is 1.66 bits per heavy atom. The van der Waals surface area contributed by atoms with E-state index in [1.54, 1.807) is 37.3 Å². The lowest BCUT2D eigenvalue weighted by atomic mass is 9.83. The van der Waals surface area contributed by atoms with Gasteiger partial charge < -0.3 is 0 Å². The summed E-state index contributed by atoms with van der Waals surface area (Å²) >= 11 is 0. The average molecular weight is 652 g/mol. The molecule has 9 nitrogen and oxygen atoms in total. The zero-order valence-corrected chi connectivity index (χ0v) is 25.6. The van der Waals surface area contributed by atoms with E-state index in [-0.39, 0.29) is 66.9 Å². The zero-order valence-electron chi connectivity index (χ0n) is 25.6. The van der Waals surface area contributed by atoms with Crippen molar-refractivity contribution in [2.45, 2.75) is 20.0 Å². The highest BCUT2D eigenvalue weighted by Gasteiger charge is 2.43. The quantitative estimate of drug-likeness (QED) is 0.200. The molecule has 0 fully saturated rings. The summed E-state index contributed by atoms with van der Waals surface area (Å²) in [5.41, 5.74) is -4.55. The van der Waals surface area contributed by atoms with Crippen LogP contribution in [0, 0.1) is 102 Å². The number of rotatable bonds is 2. The van der Waals surface area contributed by atoms with Gasteiger partial charge in [0.2, 0.25) is 5.70 Å². The molecule has 0 heterocycles. The van der Waals surface area contributed by atoms with Crippen LogP contribution in [0.4, 0.5) is 13.2 Å². The van der Waals surface area contributed by atoms with Gasteiger partial charge in [0.25, 0.3) is 11.4 Å². The number of halogens is 3.